The minimum absolute atomic E-state index is 0.101. The van der Waals surface area contributed by atoms with Gasteiger partial charge in [0.15, 0.2) is 5.82 Å². The number of hydrogen-bond acceptors (Lipinski definition) is 8. The van der Waals surface area contributed by atoms with Crippen LogP contribution in [0.4, 0.5) is 5.69 Å². The van der Waals surface area contributed by atoms with Crippen LogP contribution in [0, 0.1) is 5.41 Å². The highest BCUT2D eigenvalue weighted by atomic mass is 16.5. The zero-order valence-electron chi connectivity index (χ0n) is 19.3. The SMILES string of the molecule is COCC1(C(=O)OC)CCN(CC(=O)N2CCN(c3ccc(-c4ncccn4)cc3)CC2)C1. The number of hydrogen-bond donors (Lipinski definition) is 0. The van der Waals surface area contributed by atoms with Gasteiger partial charge in [0.2, 0.25) is 5.91 Å². The second-order valence-corrected chi connectivity index (χ2v) is 8.65. The van der Waals surface area contributed by atoms with Crippen molar-refractivity contribution in [1.82, 2.24) is 19.8 Å². The van der Waals surface area contributed by atoms with E-state index in [0.29, 0.717) is 51.6 Å². The number of carbonyl (C=O) groups excluding carboxylic acids is 2. The first-order chi connectivity index (χ1) is 16.0. The van der Waals surface area contributed by atoms with Gasteiger partial charge >= 0.3 is 5.97 Å². The van der Waals surface area contributed by atoms with E-state index in [-0.39, 0.29) is 11.9 Å². The molecule has 1 atom stereocenters. The lowest BCUT2D eigenvalue weighted by Crippen LogP contribution is -2.51. The molecule has 9 nitrogen and oxygen atoms in total. The summed E-state index contributed by atoms with van der Waals surface area (Å²) >= 11 is 0. The summed E-state index contributed by atoms with van der Waals surface area (Å²) in [4.78, 5) is 40.0. The normalized spacial score (nSPS) is 21.3. The van der Waals surface area contributed by atoms with Gasteiger partial charge in [0, 0.05) is 63.5 Å². The lowest BCUT2D eigenvalue weighted by Gasteiger charge is -2.37. The molecule has 3 heterocycles. The monoisotopic (exact) mass is 453 g/mol. The van der Waals surface area contributed by atoms with Gasteiger partial charge in [-0.3, -0.25) is 14.5 Å². The minimum atomic E-state index is -0.681. The van der Waals surface area contributed by atoms with E-state index in [4.69, 9.17) is 9.47 Å². The first-order valence-corrected chi connectivity index (χ1v) is 11.2. The Bertz CT molecular complexity index is 947. The molecule has 1 aromatic carbocycles. The van der Waals surface area contributed by atoms with E-state index in [1.54, 1.807) is 25.6 Å². The molecule has 1 unspecified atom stereocenters. The number of aromatic nitrogens is 2. The summed E-state index contributed by atoms with van der Waals surface area (Å²) in [5, 5.41) is 0. The third kappa shape index (κ3) is 5.15. The number of rotatable bonds is 7. The molecule has 0 radical (unpaired) electrons. The van der Waals surface area contributed by atoms with Crippen LogP contribution in [0.1, 0.15) is 6.42 Å². The zero-order chi connectivity index (χ0) is 23.3. The molecule has 9 heteroatoms. The summed E-state index contributed by atoms with van der Waals surface area (Å²) in [6, 6.07) is 10.0. The Hall–Kier alpha value is -3.04. The highest BCUT2D eigenvalue weighted by Crippen LogP contribution is 2.32. The summed E-state index contributed by atoms with van der Waals surface area (Å²) < 4.78 is 10.3. The highest BCUT2D eigenvalue weighted by Gasteiger charge is 2.46. The topological polar surface area (TPSA) is 88.1 Å². The van der Waals surface area contributed by atoms with E-state index in [9.17, 15) is 9.59 Å². The summed E-state index contributed by atoms with van der Waals surface area (Å²) in [7, 11) is 2.98. The highest BCUT2D eigenvalue weighted by molar-refractivity contribution is 5.80. The number of amides is 1. The van der Waals surface area contributed by atoms with Gasteiger partial charge in [0.1, 0.15) is 5.41 Å². The predicted molar refractivity (Wildman–Crippen MR) is 124 cm³/mol. The van der Waals surface area contributed by atoms with Crippen LogP contribution in [0.3, 0.4) is 0 Å². The van der Waals surface area contributed by atoms with Crippen LogP contribution in [-0.4, -0.2) is 98.3 Å². The van der Waals surface area contributed by atoms with Crippen LogP contribution in [0.25, 0.3) is 11.4 Å². The molecule has 0 saturated carbocycles. The molecule has 2 saturated heterocycles. The number of ether oxygens (including phenoxy) is 2. The second kappa shape index (κ2) is 10.3. The number of carbonyl (C=O) groups is 2. The third-order valence-electron chi connectivity index (χ3n) is 6.52. The number of piperazine rings is 1. The van der Waals surface area contributed by atoms with E-state index in [0.717, 1.165) is 24.3 Å². The standard InChI is InChI=1S/C24H31N5O4/c1-32-18-24(23(31)33-2)8-11-27(17-24)16-21(30)29-14-12-28(13-15-29)20-6-4-19(5-7-20)22-25-9-3-10-26-22/h3-7,9-10H,8,11-18H2,1-2H3. The van der Waals surface area contributed by atoms with Crippen LogP contribution in [-0.2, 0) is 19.1 Å². The van der Waals surface area contributed by atoms with Crippen LogP contribution in [0.2, 0.25) is 0 Å². The Morgan fingerprint density at radius 3 is 2.33 bits per heavy atom. The van der Waals surface area contributed by atoms with E-state index >= 15 is 0 Å². The van der Waals surface area contributed by atoms with Crippen molar-refractivity contribution < 1.29 is 19.1 Å². The molecule has 0 N–H and O–H groups in total. The van der Waals surface area contributed by atoms with Crippen LogP contribution < -0.4 is 4.90 Å². The molecule has 0 bridgehead atoms. The van der Waals surface area contributed by atoms with Gasteiger partial charge in [-0.2, -0.15) is 0 Å². The van der Waals surface area contributed by atoms with Gasteiger partial charge in [0.05, 0.1) is 20.3 Å². The fourth-order valence-electron chi connectivity index (χ4n) is 4.70. The molecule has 0 spiro atoms. The van der Waals surface area contributed by atoms with Gasteiger partial charge in [-0.15, -0.1) is 0 Å². The van der Waals surface area contributed by atoms with Crippen molar-refractivity contribution in [2.24, 2.45) is 5.41 Å². The quantitative estimate of drug-likeness (QED) is 0.580. The maximum absolute atomic E-state index is 12.9. The summed E-state index contributed by atoms with van der Waals surface area (Å²) in [6.07, 6.45) is 4.11. The fourth-order valence-corrected chi connectivity index (χ4v) is 4.70. The number of benzene rings is 1. The molecule has 1 amide bonds. The molecule has 4 rings (SSSR count). The number of anilines is 1. The van der Waals surface area contributed by atoms with Gasteiger partial charge < -0.3 is 19.3 Å². The molecule has 33 heavy (non-hydrogen) atoms. The van der Waals surface area contributed by atoms with Crippen molar-refractivity contribution in [2.45, 2.75) is 6.42 Å². The van der Waals surface area contributed by atoms with Crippen molar-refractivity contribution in [1.29, 1.82) is 0 Å². The molecular formula is C24H31N5O4. The van der Waals surface area contributed by atoms with E-state index in [2.05, 4.69) is 27.0 Å². The van der Waals surface area contributed by atoms with Crippen LogP contribution in [0.15, 0.2) is 42.7 Å². The number of likely N-dealkylation sites (tertiary alicyclic amines) is 1. The zero-order valence-corrected chi connectivity index (χ0v) is 19.3. The molecule has 2 aliphatic heterocycles. The van der Waals surface area contributed by atoms with Gasteiger partial charge in [0.25, 0.3) is 0 Å². The molecule has 2 fully saturated rings. The molecular weight excluding hydrogens is 422 g/mol. The van der Waals surface area contributed by atoms with Gasteiger partial charge in [-0.1, -0.05) is 0 Å². The maximum Gasteiger partial charge on any atom is 0.315 e. The molecule has 176 valence electrons. The van der Waals surface area contributed by atoms with Crippen molar-refractivity contribution in [2.75, 3.05) is 71.5 Å². The molecule has 2 aromatic rings. The van der Waals surface area contributed by atoms with E-state index in [1.165, 1.54) is 7.11 Å². The first kappa shape index (κ1) is 23.1. The van der Waals surface area contributed by atoms with Crippen molar-refractivity contribution >= 4 is 17.6 Å². The predicted octanol–water partition coefficient (Wildman–Crippen LogP) is 1.30. The Labute approximate surface area is 194 Å². The Morgan fingerprint density at radius 2 is 1.70 bits per heavy atom. The van der Waals surface area contributed by atoms with Crippen molar-refractivity contribution in [3.63, 3.8) is 0 Å². The Morgan fingerprint density at radius 1 is 1.00 bits per heavy atom. The van der Waals surface area contributed by atoms with Crippen molar-refractivity contribution in [3.8, 4) is 11.4 Å². The smallest absolute Gasteiger partial charge is 0.315 e. The largest absolute Gasteiger partial charge is 0.468 e. The minimum Gasteiger partial charge on any atom is -0.468 e. The van der Waals surface area contributed by atoms with Gasteiger partial charge in [-0.05, 0) is 43.3 Å². The Balaban J connectivity index is 1.28. The lowest BCUT2D eigenvalue weighted by atomic mass is 9.88. The molecule has 1 aromatic heterocycles. The van der Waals surface area contributed by atoms with Gasteiger partial charge in [-0.25, -0.2) is 9.97 Å². The average molecular weight is 454 g/mol. The third-order valence-corrected chi connectivity index (χ3v) is 6.52. The first-order valence-electron chi connectivity index (χ1n) is 11.2. The summed E-state index contributed by atoms with van der Waals surface area (Å²) in [5.74, 6) is 0.546. The summed E-state index contributed by atoms with van der Waals surface area (Å²) in [6.45, 7) is 4.70. The fraction of sp³-hybridized carbons (Fsp3) is 0.500. The van der Waals surface area contributed by atoms with E-state index in [1.807, 2.05) is 21.9 Å². The average Bonchev–Trinajstić information content (AvgIpc) is 3.28. The molecule has 0 aliphatic carbocycles. The number of nitrogens with zero attached hydrogens (tertiary/aromatic N) is 5. The summed E-state index contributed by atoms with van der Waals surface area (Å²) in [5.41, 5.74) is 1.43. The number of esters is 1. The Kier molecular flexibility index (Phi) is 7.20. The lowest BCUT2D eigenvalue weighted by molar-refractivity contribution is -0.155. The van der Waals surface area contributed by atoms with E-state index < -0.39 is 5.41 Å². The van der Waals surface area contributed by atoms with Crippen LogP contribution >= 0.6 is 0 Å². The molecule has 2 aliphatic rings. The van der Waals surface area contributed by atoms with Crippen LogP contribution in [0.5, 0.6) is 0 Å². The number of methoxy groups -OCH3 is 2. The van der Waals surface area contributed by atoms with Crippen molar-refractivity contribution in [3.05, 3.63) is 42.7 Å². The maximum atomic E-state index is 12.9. The second-order valence-electron chi connectivity index (χ2n) is 8.65.